The summed E-state index contributed by atoms with van der Waals surface area (Å²) < 4.78 is 13.9. The van der Waals surface area contributed by atoms with Crippen LogP contribution in [-0.4, -0.2) is 78.3 Å². The Morgan fingerprint density at radius 2 is 1.53 bits per heavy atom. The van der Waals surface area contributed by atoms with Crippen molar-refractivity contribution in [3.8, 4) is 0 Å². The summed E-state index contributed by atoms with van der Waals surface area (Å²) >= 11 is 0. The van der Waals surface area contributed by atoms with E-state index in [1.54, 1.807) is 0 Å². The fourth-order valence-electron chi connectivity index (χ4n) is 12.2. The lowest BCUT2D eigenvalue weighted by Crippen LogP contribution is -3.00. The van der Waals surface area contributed by atoms with Crippen molar-refractivity contribution in [1.82, 2.24) is 4.90 Å². The number of ether oxygens (including phenoxy) is 2. The molecule has 4 saturated carbocycles. The molecule has 6 rings (SSSR count). The lowest BCUT2D eigenvalue weighted by atomic mass is 9.44. The molecule has 7 heteroatoms. The fourth-order valence-corrected chi connectivity index (χ4v) is 12.2. The number of carbonyl (C=O) groups excluding carboxylic acids is 2. The molecular weight excluding hydrogens is 628 g/mol. The monoisotopic (exact) mass is 690 g/mol. The van der Waals surface area contributed by atoms with E-state index in [-0.39, 0.29) is 52.0 Å². The Bertz CT molecular complexity index is 1060. The summed E-state index contributed by atoms with van der Waals surface area (Å²) in [5.74, 6) is 2.57. The quantitative estimate of drug-likeness (QED) is 0.216. The van der Waals surface area contributed by atoms with Gasteiger partial charge in [0.1, 0.15) is 12.1 Å². The number of hydrogen-bond donors (Lipinski definition) is 0. The van der Waals surface area contributed by atoms with Crippen molar-refractivity contribution < 1.29 is 40.5 Å². The second-order valence-electron chi connectivity index (χ2n) is 16.5. The van der Waals surface area contributed by atoms with Crippen molar-refractivity contribution in [2.45, 2.75) is 148 Å². The van der Waals surface area contributed by atoms with Crippen molar-refractivity contribution in [3.63, 3.8) is 0 Å². The van der Waals surface area contributed by atoms with E-state index in [2.05, 4.69) is 31.4 Å². The van der Waals surface area contributed by atoms with Gasteiger partial charge in [-0.25, -0.2) is 0 Å². The zero-order valence-corrected chi connectivity index (χ0v) is 30.5. The number of likely N-dealkylation sites (tertiary alicyclic amines) is 2. The third kappa shape index (κ3) is 6.34. The lowest BCUT2D eigenvalue weighted by molar-refractivity contribution is -0.952. The average Bonchev–Trinajstić information content (AvgIpc) is 3.34. The Balaban J connectivity index is 0.00000400. The van der Waals surface area contributed by atoms with E-state index in [1.807, 2.05) is 13.8 Å². The van der Waals surface area contributed by atoms with Gasteiger partial charge in [-0.1, -0.05) is 40.7 Å². The van der Waals surface area contributed by atoms with E-state index >= 15 is 0 Å². The van der Waals surface area contributed by atoms with Gasteiger partial charge >= 0.3 is 11.9 Å². The fraction of sp³-hybridized carbons (Fsp3) is 0.895. The summed E-state index contributed by atoms with van der Waals surface area (Å²) in [5, 5.41) is 0. The van der Waals surface area contributed by atoms with Crippen molar-refractivity contribution in [1.29, 1.82) is 0 Å². The van der Waals surface area contributed by atoms with Gasteiger partial charge in [-0.3, -0.25) is 14.5 Å². The molecule has 0 aromatic heterocycles. The molecule has 6 nitrogen and oxygen atoms in total. The van der Waals surface area contributed by atoms with Crippen LogP contribution in [0.15, 0.2) is 12.7 Å². The minimum absolute atomic E-state index is 0. The Labute approximate surface area is 284 Å². The molecule has 0 radical (unpaired) electrons. The van der Waals surface area contributed by atoms with Crippen molar-refractivity contribution in [3.05, 3.63) is 12.7 Å². The summed E-state index contributed by atoms with van der Waals surface area (Å²) in [6.07, 6.45) is 19.2. The van der Waals surface area contributed by atoms with Gasteiger partial charge in [-0.15, -0.1) is 0 Å². The molecule has 3 unspecified atom stereocenters. The Hall–Kier alpha value is -0.920. The van der Waals surface area contributed by atoms with E-state index in [1.165, 1.54) is 77.3 Å². The third-order valence-electron chi connectivity index (χ3n) is 14.5. The van der Waals surface area contributed by atoms with Crippen LogP contribution in [0.4, 0.5) is 0 Å². The zero-order valence-electron chi connectivity index (χ0n) is 29.0. The standard InChI is InChI=1S/C38H63N2O4.BrH/c1-6-21-40(22-13-10-14-23-40)32-25-30-28-16-15-27-24-33(43-34(41)7-2)31(39-19-11-9-12-20-39)26-38(27,5)29(28)17-18-37(30,4)36(32)44-35(42)8-3;/h6,27-33,36H,1,7-26H2,2-5H3;1H/q+1;/p-1/t27-,28?,29?,30?,31-,32-,33-,36+,37-,38-;/m0./s1. The van der Waals surface area contributed by atoms with Crippen LogP contribution in [0.1, 0.15) is 124 Å². The first-order chi connectivity index (χ1) is 21.2. The molecule has 0 bridgehead atoms. The van der Waals surface area contributed by atoms with Crippen LogP contribution in [0.2, 0.25) is 0 Å². The largest absolute Gasteiger partial charge is 1.00 e. The minimum atomic E-state index is -0.0262. The summed E-state index contributed by atoms with van der Waals surface area (Å²) in [6, 6.07) is 0.733. The highest BCUT2D eigenvalue weighted by Crippen LogP contribution is 2.68. The topological polar surface area (TPSA) is 55.8 Å². The molecule has 0 N–H and O–H groups in total. The number of nitrogens with zero attached hydrogens (tertiary/aromatic N) is 2. The van der Waals surface area contributed by atoms with Crippen LogP contribution in [0.3, 0.4) is 0 Å². The number of quaternary nitrogens is 1. The Kier molecular flexibility index (Phi) is 11.2. The van der Waals surface area contributed by atoms with Gasteiger partial charge in [0.05, 0.1) is 19.6 Å². The lowest BCUT2D eigenvalue weighted by Gasteiger charge is -2.62. The maximum atomic E-state index is 13.0. The molecule has 2 heterocycles. The maximum absolute atomic E-state index is 13.0. The predicted octanol–water partition coefficient (Wildman–Crippen LogP) is 4.31. The van der Waals surface area contributed by atoms with E-state index in [9.17, 15) is 9.59 Å². The van der Waals surface area contributed by atoms with Gasteiger partial charge in [-0.2, -0.15) is 0 Å². The van der Waals surface area contributed by atoms with Crippen LogP contribution in [0, 0.1) is 34.5 Å². The van der Waals surface area contributed by atoms with Gasteiger partial charge in [0.15, 0.2) is 6.10 Å². The number of fused-ring (bicyclic) bond motifs is 5. The first-order valence-corrected chi connectivity index (χ1v) is 18.8. The SMILES string of the molecule is C=CC[N+]1([C@H]2CC3C4CC[C@H]5C[C@H](OC(=O)CC)[C@@H](N6CCCCC6)C[C@]5(C)C4CC[C@]3(C)[C@@H]2OC(=O)CC)CCCCC1.[Br-]. The first-order valence-electron chi connectivity index (χ1n) is 18.8. The molecule has 6 fully saturated rings. The number of hydrogen-bond acceptors (Lipinski definition) is 5. The van der Waals surface area contributed by atoms with Gasteiger partial charge in [0, 0.05) is 30.7 Å². The number of rotatable bonds is 8. The molecule has 2 saturated heterocycles. The normalized spacial score (nSPS) is 42.7. The van der Waals surface area contributed by atoms with E-state index < -0.39 is 0 Å². The first kappa shape index (κ1) is 35.4. The average molecular weight is 692 g/mol. The smallest absolute Gasteiger partial charge is 0.306 e. The van der Waals surface area contributed by atoms with Gasteiger partial charge in [0.25, 0.3) is 0 Å². The molecule has 0 amide bonds. The molecule has 45 heavy (non-hydrogen) atoms. The summed E-state index contributed by atoms with van der Waals surface area (Å²) in [4.78, 5) is 28.3. The highest BCUT2D eigenvalue weighted by atomic mass is 79.9. The zero-order chi connectivity index (χ0) is 31.1. The van der Waals surface area contributed by atoms with E-state index in [0.717, 1.165) is 43.4 Å². The summed E-state index contributed by atoms with van der Waals surface area (Å²) in [7, 11) is 0. The highest BCUT2D eigenvalue weighted by Gasteiger charge is 2.67. The third-order valence-corrected chi connectivity index (χ3v) is 14.5. The molecule has 6 aliphatic rings. The molecule has 4 aliphatic carbocycles. The second-order valence-corrected chi connectivity index (χ2v) is 16.5. The molecular formula is C38H63BrN2O4. The van der Waals surface area contributed by atoms with Crippen LogP contribution in [0.25, 0.3) is 0 Å². The van der Waals surface area contributed by atoms with Crippen molar-refractivity contribution in [2.75, 3.05) is 32.7 Å². The summed E-state index contributed by atoms with van der Waals surface area (Å²) in [5.41, 5.74) is 0.317. The Morgan fingerprint density at radius 3 is 2.20 bits per heavy atom. The molecule has 256 valence electrons. The number of piperidine rings is 2. The van der Waals surface area contributed by atoms with Crippen LogP contribution in [-0.2, 0) is 19.1 Å². The Morgan fingerprint density at radius 1 is 0.867 bits per heavy atom. The second kappa shape index (κ2) is 14.3. The number of esters is 2. The van der Waals surface area contributed by atoms with Gasteiger partial charge < -0.3 is 30.9 Å². The van der Waals surface area contributed by atoms with Gasteiger partial charge in [0.2, 0.25) is 0 Å². The van der Waals surface area contributed by atoms with Crippen LogP contribution in [0.5, 0.6) is 0 Å². The molecule has 0 aromatic carbocycles. The minimum Gasteiger partial charge on any atom is -1.00 e. The van der Waals surface area contributed by atoms with Gasteiger partial charge in [-0.05, 0) is 119 Å². The molecule has 0 aromatic rings. The molecule has 10 atom stereocenters. The number of carbonyl (C=O) groups is 2. The molecule has 2 aliphatic heterocycles. The highest BCUT2D eigenvalue weighted by molar-refractivity contribution is 5.69. The number of halogens is 1. The van der Waals surface area contributed by atoms with Crippen molar-refractivity contribution in [2.24, 2.45) is 34.5 Å². The van der Waals surface area contributed by atoms with Crippen molar-refractivity contribution >= 4 is 11.9 Å². The van der Waals surface area contributed by atoms with Crippen LogP contribution < -0.4 is 17.0 Å². The van der Waals surface area contributed by atoms with E-state index in [0.29, 0.717) is 48.6 Å². The summed E-state index contributed by atoms with van der Waals surface area (Å²) in [6.45, 7) is 18.9. The molecule has 0 spiro atoms. The predicted molar refractivity (Wildman–Crippen MR) is 175 cm³/mol. The van der Waals surface area contributed by atoms with E-state index in [4.69, 9.17) is 9.47 Å². The van der Waals surface area contributed by atoms with Crippen LogP contribution >= 0.6 is 0 Å². The maximum Gasteiger partial charge on any atom is 0.306 e.